The molecule has 1 heterocycles. The molecule has 1 aliphatic carbocycles. The van der Waals surface area contributed by atoms with Gasteiger partial charge in [0.25, 0.3) is 0 Å². The third kappa shape index (κ3) is 1.59. The van der Waals surface area contributed by atoms with Crippen LogP contribution >= 0.6 is 0 Å². The molecule has 0 aromatic heterocycles. The van der Waals surface area contributed by atoms with Crippen molar-refractivity contribution in [1.29, 1.82) is 0 Å². The van der Waals surface area contributed by atoms with Crippen LogP contribution in [0.2, 0.25) is 0 Å². The molecule has 1 saturated heterocycles. The molecule has 0 unspecified atom stereocenters. The van der Waals surface area contributed by atoms with Gasteiger partial charge in [-0.3, -0.25) is 0 Å². The lowest BCUT2D eigenvalue weighted by atomic mass is 9.58. The van der Waals surface area contributed by atoms with Crippen molar-refractivity contribution in [3.8, 4) is 11.8 Å². The second-order valence-electron chi connectivity index (χ2n) is 4.80. The highest BCUT2D eigenvalue weighted by Gasteiger charge is 2.57. The topological polar surface area (TPSA) is 29.5 Å². The molecule has 72 valence electrons. The summed E-state index contributed by atoms with van der Waals surface area (Å²) in [5.41, 5.74) is -0.408. The van der Waals surface area contributed by atoms with E-state index in [0.29, 0.717) is 11.3 Å². The van der Waals surface area contributed by atoms with Crippen LogP contribution in [0.15, 0.2) is 0 Å². The summed E-state index contributed by atoms with van der Waals surface area (Å²) < 4.78 is 5.14. The van der Waals surface area contributed by atoms with Crippen LogP contribution in [-0.4, -0.2) is 23.9 Å². The van der Waals surface area contributed by atoms with Crippen molar-refractivity contribution >= 4 is 0 Å². The first-order chi connectivity index (χ1) is 6.04. The van der Waals surface area contributed by atoms with Gasteiger partial charge in [0.15, 0.2) is 0 Å². The SMILES string of the molecule is CC(C)C#CC1(O)CC2(COC2)C1. The van der Waals surface area contributed by atoms with E-state index in [0.717, 1.165) is 26.1 Å². The molecule has 2 fully saturated rings. The molecule has 13 heavy (non-hydrogen) atoms. The largest absolute Gasteiger partial charge is 0.380 e. The average Bonchev–Trinajstić information content (AvgIpc) is 1.92. The third-order valence-electron chi connectivity index (χ3n) is 2.74. The van der Waals surface area contributed by atoms with Crippen molar-refractivity contribution in [2.45, 2.75) is 32.3 Å². The van der Waals surface area contributed by atoms with E-state index in [9.17, 15) is 5.11 Å². The molecular weight excluding hydrogens is 164 g/mol. The van der Waals surface area contributed by atoms with E-state index in [1.807, 2.05) is 13.8 Å². The third-order valence-corrected chi connectivity index (χ3v) is 2.74. The van der Waals surface area contributed by atoms with Crippen LogP contribution in [0.1, 0.15) is 26.7 Å². The van der Waals surface area contributed by atoms with Gasteiger partial charge in [0.05, 0.1) is 13.2 Å². The Balaban J connectivity index is 1.92. The Labute approximate surface area is 79.3 Å². The first-order valence-corrected chi connectivity index (χ1v) is 4.87. The van der Waals surface area contributed by atoms with Crippen LogP contribution in [0.3, 0.4) is 0 Å². The molecule has 2 rings (SSSR count). The molecule has 0 aromatic carbocycles. The molecule has 0 atom stereocenters. The summed E-state index contributed by atoms with van der Waals surface area (Å²) in [6.45, 7) is 5.71. The Bertz CT molecular complexity index is 258. The zero-order valence-electron chi connectivity index (χ0n) is 8.26. The molecular formula is C11H16O2. The first kappa shape index (κ1) is 9.05. The number of rotatable bonds is 0. The van der Waals surface area contributed by atoms with Crippen LogP contribution in [0.4, 0.5) is 0 Å². The maximum Gasteiger partial charge on any atom is 0.126 e. The standard InChI is InChI=1S/C11H16O2/c1-9(2)3-4-11(12)5-10(6-11)7-13-8-10/h9,12H,5-8H2,1-2H3. The van der Waals surface area contributed by atoms with Gasteiger partial charge in [0.1, 0.15) is 5.60 Å². The number of aliphatic hydroxyl groups is 1. The lowest BCUT2D eigenvalue weighted by Gasteiger charge is -2.55. The summed E-state index contributed by atoms with van der Waals surface area (Å²) in [6, 6.07) is 0. The molecule has 0 bridgehead atoms. The van der Waals surface area contributed by atoms with Crippen molar-refractivity contribution in [1.82, 2.24) is 0 Å². The van der Waals surface area contributed by atoms with Gasteiger partial charge in [0, 0.05) is 11.3 Å². The van der Waals surface area contributed by atoms with Crippen molar-refractivity contribution in [3.05, 3.63) is 0 Å². The van der Waals surface area contributed by atoms with E-state index in [2.05, 4.69) is 11.8 Å². The van der Waals surface area contributed by atoms with Crippen LogP contribution in [0.25, 0.3) is 0 Å². The Kier molecular flexibility index (Phi) is 1.90. The van der Waals surface area contributed by atoms with E-state index < -0.39 is 5.60 Å². The molecule has 2 nitrogen and oxygen atoms in total. The second-order valence-corrected chi connectivity index (χ2v) is 4.80. The Morgan fingerprint density at radius 2 is 1.92 bits per heavy atom. The number of hydrogen-bond donors (Lipinski definition) is 1. The molecule has 2 heteroatoms. The maximum atomic E-state index is 9.93. The lowest BCUT2D eigenvalue weighted by molar-refractivity contribution is -0.219. The van der Waals surface area contributed by atoms with Gasteiger partial charge in [0.2, 0.25) is 0 Å². The van der Waals surface area contributed by atoms with Crippen LogP contribution in [0.5, 0.6) is 0 Å². The summed E-state index contributed by atoms with van der Waals surface area (Å²) in [5.74, 6) is 6.35. The second kappa shape index (κ2) is 2.73. The Hall–Kier alpha value is -0.520. The molecule has 1 aliphatic heterocycles. The maximum absolute atomic E-state index is 9.93. The minimum Gasteiger partial charge on any atom is -0.380 e. The van der Waals surface area contributed by atoms with E-state index >= 15 is 0 Å². The molecule has 1 N–H and O–H groups in total. The Morgan fingerprint density at radius 1 is 1.31 bits per heavy atom. The van der Waals surface area contributed by atoms with Crippen molar-refractivity contribution in [3.63, 3.8) is 0 Å². The van der Waals surface area contributed by atoms with E-state index in [4.69, 9.17) is 4.74 Å². The zero-order valence-corrected chi connectivity index (χ0v) is 8.26. The molecule has 1 saturated carbocycles. The smallest absolute Gasteiger partial charge is 0.126 e. The van der Waals surface area contributed by atoms with Crippen molar-refractivity contribution < 1.29 is 9.84 Å². The van der Waals surface area contributed by atoms with E-state index in [-0.39, 0.29) is 0 Å². The van der Waals surface area contributed by atoms with Crippen molar-refractivity contribution in [2.24, 2.45) is 11.3 Å². The number of hydrogen-bond acceptors (Lipinski definition) is 2. The highest BCUT2D eigenvalue weighted by Crippen LogP contribution is 2.52. The van der Waals surface area contributed by atoms with E-state index in [1.54, 1.807) is 0 Å². The summed E-state index contributed by atoms with van der Waals surface area (Å²) in [7, 11) is 0. The summed E-state index contributed by atoms with van der Waals surface area (Å²) >= 11 is 0. The fourth-order valence-electron chi connectivity index (χ4n) is 2.15. The van der Waals surface area contributed by atoms with Gasteiger partial charge in [-0.1, -0.05) is 25.7 Å². The fourth-order valence-corrected chi connectivity index (χ4v) is 2.15. The van der Waals surface area contributed by atoms with E-state index in [1.165, 1.54) is 0 Å². The highest BCUT2D eigenvalue weighted by molar-refractivity contribution is 5.24. The van der Waals surface area contributed by atoms with Crippen LogP contribution in [-0.2, 0) is 4.74 Å². The molecule has 1 spiro atoms. The van der Waals surface area contributed by atoms with Gasteiger partial charge in [-0.2, -0.15) is 0 Å². The van der Waals surface area contributed by atoms with Gasteiger partial charge in [-0.15, -0.1) is 0 Å². The summed E-state index contributed by atoms with van der Waals surface area (Å²) in [6.07, 6.45) is 1.61. The normalized spacial score (nSPS) is 27.4. The predicted octanol–water partition coefficient (Wildman–Crippen LogP) is 1.19. The average molecular weight is 180 g/mol. The lowest BCUT2D eigenvalue weighted by Crippen LogP contribution is -2.60. The van der Waals surface area contributed by atoms with Gasteiger partial charge in [-0.05, 0) is 12.8 Å². The molecule has 0 radical (unpaired) electrons. The van der Waals surface area contributed by atoms with Gasteiger partial charge in [-0.25, -0.2) is 0 Å². The molecule has 0 aromatic rings. The monoisotopic (exact) mass is 180 g/mol. The van der Waals surface area contributed by atoms with Crippen LogP contribution < -0.4 is 0 Å². The number of ether oxygens (including phenoxy) is 1. The molecule has 2 aliphatic rings. The van der Waals surface area contributed by atoms with Crippen molar-refractivity contribution in [2.75, 3.05) is 13.2 Å². The first-order valence-electron chi connectivity index (χ1n) is 4.87. The minimum atomic E-state index is -0.700. The predicted molar refractivity (Wildman–Crippen MR) is 50.0 cm³/mol. The van der Waals surface area contributed by atoms with Crippen LogP contribution in [0, 0.1) is 23.2 Å². The Morgan fingerprint density at radius 3 is 2.31 bits per heavy atom. The quantitative estimate of drug-likeness (QED) is 0.567. The van der Waals surface area contributed by atoms with Gasteiger partial charge >= 0.3 is 0 Å². The summed E-state index contributed by atoms with van der Waals surface area (Å²) in [4.78, 5) is 0. The highest BCUT2D eigenvalue weighted by atomic mass is 16.5. The molecule has 0 amide bonds. The van der Waals surface area contributed by atoms with Gasteiger partial charge < -0.3 is 9.84 Å². The summed E-state index contributed by atoms with van der Waals surface area (Å²) in [5, 5.41) is 9.93. The fraction of sp³-hybridized carbons (Fsp3) is 0.818. The minimum absolute atomic E-state index is 0.292. The zero-order chi connectivity index (χ0) is 9.53.